The Labute approximate surface area is 106 Å². The second-order valence-electron chi connectivity index (χ2n) is 4.93. The van der Waals surface area contributed by atoms with E-state index < -0.39 is 0 Å². The molecular weight excluding hydrogens is 211 g/mol. The van der Waals surface area contributed by atoms with Crippen LogP contribution in [0.4, 0.5) is 0 Å². The summed E-state index contributed by atoms with van der Waals surface area (Å²) in [6.07, 6.45) is 19.1. The molecule has 0 N–H and O–H groups in total. The van der Waals surface area contributed by atoms with Crippen molar-refractivity contribution in [2.75, 3.05) is 12.3 Å². The van der Waals surface area contributed by atoms with E-state index in [0.29, 0.717) is 0 Å². The highest BCUT2D eigenvalue weighted by Crippen LogP contribution is 2.16. The lowest BCUT2D eigenvalue weighted by Crippen LogP contribution is -1.83. The van der Waals surface area contributed by atoms with Gasteiger partial charge >= 0.3 is 0 Å². The van der Waals surface area contributed by atoms with Gasteiger partial charge in [0.05, 0.1) is 0 Å². The van der Waals surface area contributed by atoms with Gasteiger partial charge in [0.1, 0.15) is 0 Å². The van der Waals surface area contributed by atoms with Crippen LogP contribution in [0.1, 0.15) is 84.5 Å². The van der Waals surface area contributed by atoms with E-state index in [9.17, 15) is 0 Å². The third-order valence-corrected chi connectivity index (χ3v) is 4.69. The molecule has 0 amide bonds. The van der Waals surface area contributed by atoms with Gasteiger partial charge in [-0.25, -0.2) is 0 Å². The molecule has 0 radical (unpaired) electrons. The summed E-state index contributed by atoms with van der Waals surface area (Å²) < 4.78 is 0. The third-order valence-electron chi connectivity index (χ3n) is 3.13. The first-order valence-electron chi connectivity index (χ1n) is 7.62. The molecule has 1 atom stereocenters. The van der Waals surface area contributed by atoms with E-state index >= 15 is 0 Å². The molecule has 1 heteroatoms. The largest absolute Gasteiger partial charge is 0.122 e. The van der Waals surface area contributed by atoms with E-state index in [1.807, 2.05) is 0 Å². The first kappa shape index (κ1) is 16.4. The molecule has 0 aliphatic carbocycles. The Kier molecular flexibility index (Phi) is 15.8. The zero-order valence-corrected chi connectivity index (χ0v) is 12.7. The van der Waals surface area contributed by atoms with Crippen LogP contribution >= 0.6 is 8.58 Å². The van der Waals surface area contributed by atoms with Crippen LogP contribution in [-0.2, 0) is 0 Å². The lowest BCUT2D eigenvalue weighted by atomic mass is 10.1. The molecule has 0 saturated heterocycles. The van der Waals surface area contributed by atoms with Crippen molar-refractivity contribution in [3.05, 3.63) is 0 Å². The maximum absolute atomic E-state index is 2.30. The van der Waals surface area contributed by atoms with Crippen LogP contribution in [0.2, 0.25) is 0 Å². The van der Waals surface area contributed by atoms with Gasteiger partial charge in [0, 0.05) is 0 Å². The Balaban J connectivity index is 2.83. The first-order valence-corrected chi connectivity index (χ1v) is 9.04. The van der Waals surface area contributed by atoms with Crippen LogP contribution < -0.4 is 0 Å². The molecule has 1 unspecified atom stereocenters. The quantitative estimate of drug-likeness (QED) is 0.275. The molecule has 0 bridgehead atoms. The fourth-order valence-electron chi connectivity index (χ4n) is 2.04. The van der Waals surface area contributed by atoms with Gasteiger partial charge in [0.2, 0.25) is 0 Å². The van der Waals surface area contributed by atoms with Crippen LogP contribution in [0.15, 0.2) is 0 Å². The summed E-state index contributed by atoms with van der Waals surface area (Å²) >= 11 is 0. The molecule has 0 rings (SSSR count). The van der Waals surface area contributed by atoms with Crippen LogP contribution in [0, 0.1) is 0 Å². The highest BCUT2D eigenvalue weighted by Gasteiger charge is 1.92. The second kappa shape index (κ2) is 15.4. The zero-order valence-electron chi connectivity index (χ0n) is 11.7. The summed E-state index contributed by atoms with van der Waals surface area (Å²) in [6, 6.07) is 0. The van der Waals surface area contributed by atoms with Gasteiger partial charge in [-0.05, 0) is 18.7 Å². The normalized spacial score (nSPS) is 11.6. The van der Waals surface area contributed by atoms with Crippen molar-refractivity contribution in [1.82, 2.24) is 0 Å². The average molecular weight is 244 g/mol. The van der Waals surface area contributed by atoms with Gasteiger partial charge in [-0.1, -0.05) is 78.1 Å². The minimum absolute atomic E-state index is 1.24. The van der Waals surface area contributed by atoms with E-state index in [1.54, 1.807) is 0 Å². The summed E-state index contributed by atoms with van der Waals surface area (Å²) in [4.78, 5) is 0. The van der Waals surface area contributed by atoms with Crippen molar-refractivity contribution in [3.8, 4) is 0 Å². The van der Waals surface area contributed by atoms with Crippen LogP contribution in [0.5, 0.6) is 0 Å². The summed E-state index contributed by atoms with van der Waals surface area (Å²) in [5, 5.41) is 0. The van der Waals surface area contributed by atoms with Gasteiger partial charge in [0.25, 0.3) is 0 Å². The van der Waals surface area contributed by atoms with Crippen LogP contribution in [0.3, 0.4) is 0 Å². The van der Waals surface area contributed by atoms with Gasteiger partial charge in [-0.3, -0.25) is 0 Å². The maximum Gasteiger partial charge on any atom is -0.0353 e. The van der Waals surface area contributed by atoms with E-state index in [0.717, 1.165) is 0 Å². The van der Waals surface area contributed by atoms with Gasteiger partial charge in [-0.2, -0.15) is 0 Å². The van der Waals surface area contributed by atoms with Crippen molar-refractivity contribution >= 4 is 8.58 Å². The molecular formula is C15H33P. The Bertz CT molecular complexity index is 98.0. The topological polar surface area (TPSA) is 0 Å². The molecule has 98 valence electrons. The lowest BCUT2D eigenvalue weighted by Gasteiger charge is -2.02. The fraction of sp³-hybridized carbons (Fsp3) is 1.00. The molecule has 0 fully saturated rings. The second-order valence-corrected chi connectivity index (χ2v) is 6.43. The minimum atomic E-state index is 1.24. The minimum Gasteiger partial charge on any atom is -0.122 e. The van der Waals surface area contributed by atoms with Crippen molar-refractivity contribution in [1.29, 1.82) is 0 Å². The highest BCUT2D eigenvalue weighted by molar-refractivity contribution is 7.37. The van der Waals surface area contributed by atoms with Gasteiger partial charge < -0.3 is 0 Å². The summed E-state index contributed by atoms with van der Waals surface area (Å²) in [6.45, 7) is 4.59. The summed E-state index contributed by atoms with van der Waals surface area (Å²) in [5.74, 6) is 0. The van der Waals surface area contributed by atoms with Crippen molar-refractivity contribution < 1.29 is 0 Å². The predicted octanol–water partition coefficient (Wildman–Crippen LogP) is 6.00. The van der Waals surface area contributed by atoms with Gasteiger partial charge in [0.15, 0.2) is 0 Å². The van der Waals surface area contributed by atoms with Crippen molar-refractivity contribution in [2.24, 2.45) is 0 Å². The number of hydrogen-bond donors (Lipinski definition) is 0. The van der Waals surface area contributed by atoms with E-state index in [4.69, 9.17) is 0 Å². The van der Waals surface area contributed by atoms with Crippen molar-refractivity contribution in [3.63, 3.8) is 0 Å². The molecule has 0 aromatic heterocycles. The van der Waals surface area contributed by atoms with E-state index in [1.165, 1.54) is 91.5 Å². The summed E-state index contributed by atoms with van der Waals surface area (Å²) in [5.41, 5.74) is 0. The van der Waals surface area contributed by atoms with Crippen LogP contribution in [0.25, 0.3) is 0 Å². The predicted molar refractivity (Wildman–Crippen MR) is 80.2 cm³/mol. The average Bonchev–Trinajstić information content (AvgIpc) is 2.31. The Morgan fingerprint density at radius 3 is 1.50 bits per heavy atom. The SMILES string of the molecule is CCCCCCCCCCCCPCCC. The fourth-order valence-corrected chi connectivity index (χ4v) is 3.14. The number of hydrogen-bond acceptors (Lipinski definition) is 0. The lowest BCUT2D eigenvalue weighted by molar-refractivity contribution is 0.563. The molecule has 0 aromatic rings. The summed E-state index contributed by atoms with van der Waals surface area (Å²) in [7, 11) is 1.24. The first-order chi connectivity index (χ1) is 7.91. The molecule has 0 nitrogen and oxygen atoms in total. The Morgan fingerprint density at radius 1 is 0.500 bits per heavy atom. The van der Waals surface area contributed by atoms with E-state index in [-0.39, 0.29) is 0 Å². The van der Waals surface area contributed by atoms with Crippen molar-refractivity contribution in [2.45, 2.75) is 84.5 Å². The molecule has 16 heavy (non-hydrogen) atoms. The standard InChI is InChI=1S/C15H33P/c1-3-5-6-7-8-9-10-11-12-13-15-16-14-4-2/h16H,3-15H2,1-2H3. The molecule has 0 saturated carbocycles. The molecule has 0 aliphatic heterocycles. The monoisotopic (exact) mass is 244 g/mol. The Morgan fingerprint density at radius 2 is 1.00 bits per heavy atom. The maximum atomic E-state index is 2.30. The highest BCUT2D eigenvalue weighted by atomic mass is 31.1. The Hall–Kier alpha value is 0.430. The van der Waals surface area contributed by atoms with Crippen LogP contribution in [-0.4, -0.2) is 12.3 Å². The third kappa shape index (κ3) is 14.4. The number of unbranched alkanes of at least 4 members (excludes halogenated alkanes) is 9. The van der Waals surface area contributed by atoms with Gasteiger partial charge in [-0.15, -0.1) is 8.58 Å². The smallest absolute Gasteiger partial charge is 0.0353 e. The molecule has 0 heterocycles. The zero-order chi connectivity index (χ0) is 11.9. The molecule has 0 aliphatic rings. The number of rotatable bonds is 13. The molecule has 0 aromatic carbocycles. The van der Waals surface area contributed by atoms with E-state index in [2.05, 4.69) is 13.8 Å². The molecule has 0 spiro atoms.